The molecular formula is C21H24N2O3. The van der Waals surface area contributed by atoms with E-state index >= 15 is 0 Å². The Hall–Kier alpha value is -2.56. The summed E-state index contributed by atoms with van der Waals surface area (Å²) >= 11 is 0. The highest BCUT2D eigenvalue weighted by Crippen LogP contribution is 2.40. The fourth-order valence-corrected chi connectivity index (χ4v) is 4.11. The number of rotatable bonds is 3. The normalized spacial score (nSPS) is 18.5. The minimum absolute atomic E-state index is 0.142. The lowest BCUT2D eigenvalue weighted by Crippen LogP contribution is -2.22. The molecule has 0 fully saturated rings. The average Bonchev–Trinajstić information content (AvgIpc) is 2.83. The predicted octanol–water partition coefficient (Wildman–Crippen LogP) is 3.88. The van der Waals surface area contributed by atoms with E-state index < -0.39 is 5.60 Å². The van der Waals surface area contributed by atoms with Crippen LogP contribution in [0.2, 0.25) is 0 Å². The molecular weight excluding hydrogens is 328 g/mol. The minimum atomic E-state index is -0.725. The summed E-state index contributed by atoms with van der Waals surface area (Å²) in [6, 6.07) is 3.54. The van der Waals surface area contributed by atoms with Gasteiger partial charge in [-0.3, -0.25) is 4.79 Å². The van der Waals surface area contributed by atoms with Crippen LogP contribution in [0.3, 0.4) is 0 Å². The summed E-state index contributed by atoms with van der Waals surface area (Å²) in [5.41, 5.74) is 8.39. The van der Waals surface area contributed by atoms with E-state index in [9.17, 15) is 9.59 Å². The third-order valence-electron chi connectivity index (χ3n) is 5.55. The Labute approximate surface area is 152 Å². The zero-order chi connectivity index (χ0) is 18.5. The Morgan fingerprint density at radius 1 is 1.27 bits per heavy atom. The van der Waals surface area contributed by atoms with Gasteiger partial charge in [-0.1, -0.05) is 11.6 Å². The minimum Gasteiger partial charge on any atom is -0.451 e. The quantitative estimate of drug-likeness (QED) is 0.517. The Bertz CT molecular complexity index is 998. The van der Waals surface area contributed by atoms with Gasteiger partial charge >= 0.3 is 5.97 Å². The number of aromatic nitrogens is 1. The highest BCUT2D eigenvalue weighted by molar-refractivity contribution is 6.11. The number of aryl methyl sites for hydroxylation is 1. The average molecular weight is 352 g/mol. The lowest BCUT2D eigenvalue weighted by molar-refractivity contribution is 0.00962. The number of hydrogen-bond donors (Lipinski definition) is 1. The van der Waals surface area contributed by atoms with Crippen molar-refractivity contribution >= 4 is 22.4 Å². The van der Waals surface area contributed by atoms with Crippen molar-refractivity contribution in [3.63, 3.8) is 0 Å². The molecule has 0 amide bonds. The van der Waals surface area contributed by atoms with E-state index in [-0.39, 0.29) is 11.5 Å². The van der Waals surface area contributed by atoms with Crippen molar-refractivity contribution in [1.29, 1.82) is 0 Å². The molecule has 5 nitrogen and oxygen atoms in total. The number of fused-ring (bicyclic) bond motifs is 3. The first-order valence-corrected chi connectivity index (χ1v) is 9.26. The van der Waals surface area contributed by atoms with Gasteiger partial charge in [0.15, 0.2) is 0 Å². The van der Waals surface area contributed by atoms with Crippen LogP contribution >= 0.6 is 0 Å². The Morgan fingerprint density at radius 3 is 2.81 bits per heavy atom. The second-order valence-electron chi connectivity index (χ2n) is 7.75. The van der Waals surface area contributed by atoms with Crippen molar-refractivity contribution < 1.29 is 9.53 Å². The summed E-state index contributed by atoms with van der Waals surface area (Å²) in [5.74, 6) is -0.389. The van der Waals surface area contributed by atoms with Gasteiger partial charge in [0.2, 0.25) is 0 Å². The molecule has 1 aromatic heterocycles. The first kappa shape index (κ1) is 16.9. The van der Waals surface area contributed by atoms with Crippen LogP contribution in [0.25, 0.3) is 10.8 Å². The van der Waals surface area contributed by atoms with Gasteiger partial charge in [0.25, 0.3) is 5.56 Å². The van der Waals surface area contributed by atoms with Crippen LogP contribution in [0.1, 0.15) is 61.9 Å². The van der Waals surface area contributed by atoms with Gasteiger partial charge in [-0.15, -0.1) is 0 Å². The summed E-state index contributed by atoms with van der Waals surface area (Å²) < 4.78 is 7.17. The molecule has 26 heavy (non-hydrogen) atoms. The molecule has 0 unspecified atom stereocenters. The monoisotopic (exact) mass is 352 g/mol. The van der Waals surface area contributed by atoms with E-state index in [1.165, 1.54) is 18.4 Å². The number of carbonyl (C=O) groups excluding carboxylic acids is 1. The van der Waals surface area contributed by atoms with Crippen LogP contribution in [-0.4, -0.2) is 10.5 Å². The first-order chi connectivity index (χ1) is 12.4. The van der Waals surface area contributed by atoms with Gasteiger partial charge in [0.05, 0.1) is 10.9 Å². The summed E-state index contributed by atoms with van der Waals surface area (Å²) in [7, 11) is 0. The standard InChI is InChI=1S/C21H24N2O3/c1-21(2)15-12-16(22)18-14(17(15)20(25)26-21)9-11-23(19(18)24)10-8-13-6-4-3-5-7-13/h6,9,11-12H,3-5,7-8,10,22H2,1-2H3. The lowest BCUT2D eigenvalue weighted by Gasteiger charge is -2.18. The molecule has 1 aromatic carbocycles. The summed E-state index contributed by atoms with van der Waals surface area (Å²) in [6.45, 7) is 4.30. The third-order valence-corrected chi connectivity index (χ3v) is 5.55. The maximum Gasteiger partial charge on any atom is 0.340 e. The molecule has 2 aliphatic rings. The fraction of sp³-hybridized carbons (Fsp3) is 0.429. The zero-order valence-corrected chi connectivity index (χ0v) is 15.3. The van der Waals surface area contributed by atoms with Crippen LogP contribution in [0.5, 0.6) is 0 Å². The summed E-state index contributed by atoms with van der Waals surface area (Å²) in [5, 5.41) is 1.01. The second kappa shape index (κ2) is 6.01. The largest absolute Gasteiger partial charge is 0.451 e. The number of carbonyl (C=O) groups is 1. The Balaban J connectivity index is 1.78. The molecule has 2 aromatic rings. The maximum absolute atomic E-state index is 13.0. The smallest absolute Gasteiger partial charge is 0.340 e. The first-order valence-electron chi connectivity index (χ1n) is 9.26. The van der Waals surface area contributed by atoms with Crippen LogP contribution in [-0.2, 0) is 16.9 Å². The van der Waals surface area contributed by atoms with Crippen molar-refractivity contribution in [3.05, 3.63) is 51.5 Å². The zero-order valence-electron chi connectivity index (χ0n) is 15.3. The highest BCUT2D eigenvalue weighted by atomic mass is 16.6. The number of nitrogens with two attached hydrogens (primary N) is 1. The highest BCUT2D eigenvalue weighted by Gasteiger charge is 2.39. The van der Waals surface area contributed by atoms with Gasteiger partial charge in [-0.05, 0) is 58.1 Å². The number of allylic oxidation sites excluding steroid dienone is 2. The number of anilines is 1. The van der Waals surface area contributed by atoms with Crippen molar-refractivity contribution in [1.82, 2.24) is 4.57 Å². The number of ether oxygens (including phenoxy) is 1. The molecule has 4 rings (SSSR count). The third kappa shape index (κ3) is 2.62. The fourth-order valence-electron chi connectivity index (χ4n) is 4.11. The van der Waals surface area contributed by atoms with Crippen LogP contribution < -0.4 is 11.3 Å². The van der Waals surface area contributed by atoms with E-state index in [1.807, 2.05) is 19.9 Å². The van der Waals surface area contributed by atoms with E-state index in [2.05, 4.69) is 6.08 Å². The van der Waals surface area contributed by atoms with Gasteiger partial charge in [0, 0.05) is 29.4 Å². The number of nitrogens with zero attached hydrogens (tertiary/aromatic N) is 1. The lowest BCUT2D eigenvalue weighted by atomic mass is 9.91. The number of hydrogen-bond acceptors (Lipinski definition) is 4. The van der Waals surface area contributed by atoms with Gasteiger partial charge in [-0.25, -0.2) is 4.79 Å². The van der Waals surface area contributed by atoms with E-state index in [1.54, 1.807) is 16.8 Å². The molecule has 136 valence electrons. The molecule has 1 aliphatic carbocycles. The Morgan fingerprint density at radius 2 is 2.08 bits per heavy atom. The molecule has 0 saturated heterocycles. The molecule has 0 radical (unpaired) electrons. The second-order valence-corrected chi connectivity index (χ2v) is 7.75. The van der Waals surface area contributed by atoms with Crippen LogP contribution in [0.4, 0.5) is 5.69 Å². The summed E-state index contributed by atoms with van der Waals surface area (Å²) in [4.78, 5) is 25.4. The van der Waals surface area contributed by atoms with Crippen molar-refractivity contribution in [2.24, 2.45) is 0 Å². The molecule has 0 bridgehead atoms. The number of nitrogen functional groups attached to an aromatic ring is 1. The van der Waals surface area contributed by atoms with Gasteiger partial charge < -0.3 is 15.0 Å². The molecule has 0 atom stereocenters. The molecule has 2 N–H and O–H groups in total. The topological polar surface area (TPSA) is 74.3 Å². The number of cyclic esters (lactones) is 1. The SMILES string of the molecule is CC1(C)OC(=O)c2c1cc(N)c1c(=O)n(CCC3=CCCCC3)ccc21. The maximum atomic E-state index is 13.0. The molecule has 5 heteroatoms. The number of pyridine rings is 1. The van der Waals surface area contributed by atoms with Crippen LogP contribution in [0, 0.1) is 0 Å². The van der Waals surface area contributed by atoms with Gasteiger partial charge in [0.1, 0.15) is 5.60 Å². The van der Waals surface area contributed by atoms with E-state index in [0.717, 1.165) is 24.8 Å². The van der Waals surface area contributed by atoms with Crippen molar-refractivity contribution in [2.75, 3.05) is 5.73 Å². The molecule has 0 saturated carbocycles. The molecule has 2 heterocycles. The number of esters is 1. The Kier molecular flexibility index (Phi) is 3.90. The van der Waals surface area contributed by atoms with Crippen molar-refractivity contribution in [3.8, 4) is 0 Å². The summed E-state index contributed by atoms with van der Waals surface area (Å²) in [6.07, 6.45) is 9.70. The van der Waals surface area contributed by atoms with Crippen molar-refractivity contribution in [2.45, 2.75) is 58.1 Å². The van der Waals surface area contributed by atoms with Gasteiger partial charge in [-0.2, -0.15) is 0 Å². The van der Waals surface area contributed by atoms with Crippen LogP contribution in [0.15, 0.2) is 34.8 Å². The predicted molar refractivity (Wildman–Crippen MR) is 102 cm³/mol. The number of benzene rings is 1. The molecule has 1 aliphatic heterocycles. The van der Waals surface area contributed by atoms with E-state index in [0.29, 0.717) is 28.6 Å². The van der Waals surface area contributed by atoms with E-state index in [4.69, 9.17) is 10.5 Å². The molecule has 0 spiro atoms.